The number of halogens is 4. The summed E-state index contributed by atoms with van der Waals surface area (Å²) in [5.41, 5.74) is -0.663. The van der Waals surface area contributed by atoms with Crippen LogP contribution in [-0.4, -0.2) is 38.4 Å². The Morgan fingerprint density at radius 3 is 1.88 bits per heavy atom. The van der Waals surface area contributed by atoms with Gasteiger partial charge in [0, 0.05) is 6.26 Å². The molecule has 0 atom stereocenters. The van der Waals surface area contributed by atoms with E-state index in [2.05, 4.69) is 0 Å². The van der Waals surface area contributed by atoms with Crippen molar-refractivity contribution in [3.05, 3.63) is 0 Å². The van der Waals surface area contributed by atoms with Crippen molar-refractivity contribution in [2.75, 3.05) is 12.9 Å². The molecule has 9 heteroatoms. The maximum atomic E-state index is 13.6. The molecule has 0 aromatic heterocycles. The normalized spacial score (nSPS) is 35.0. The Labute approximate surface area is 144 Å². The van der Waals surface area contributed by atoms with Crippen molar-refractivity contribution in [2.45, 2.75) is 56.1 Å². The third kappa shape index (κ3) is 3.17. The standard InChI is InChI=1S/C16H22F4O4S/c1-25(22,23)16(19,20)15(17,18)2-3-24-13(21)14-7-10-4-11(8-14)6-12(5-10)9-14/h10-12H,2-9H2,1H3. The smallest absolute Gasteiger partial charge is 0.406 e. The average Bonchev–Trinajstić information content (AvgIpc) is 2.44. The number of carbonyl (C=O) groups is 1. The molecule has 144 valence electrons. The molecule has 0 aromatic rings. The van der Waals surface area contributed by atoms with E-state index in [1.54, 1.807) is 0 Å². The molecule has 0 heterocycles. The van der Waals surface area contributed by atoms with Crippen LogP contribution in [0.1, 0.15) is 44.9 Å². The number of hydrogen-bond donors (Lipinski definition) is 0. The van der Waals surface area contributed by atoms with E-state index < -0.39 is 45.4 Å². The molecule has 0 aromatic carbocycles. The minimum atomic E-state index is -5.27. The Balaban J connectivity index is 1.60. The second-order valence-electron chi connectivity index (χ2n) is 8.08. The first kappa shape index (κ1) is 18.9. The first-order valence-electron chi connectivity index (χ1n) is 8.49. The highest BCUT2D eigenvalue weighted by atomic mass is 32.2. The van der Waals surface area contributed by atoms with Gasteiger partial charge in [0.2, 0.25) is 9.84 Å². The SMILES string of the molecule is CS(=O)(=O)C(F)(F)C(F)(F)CCOC(=O)C12CC3CC(CC(C3)C1)C2. The average molecular weight is 386 g/mol. The number of carbonyl (C=O) groups excluding carboxylic acids is 1. The van der Waals surface area contributed by atoms with E-state index in [0.717, 1.165) is 19.3 Å². The minimum absolute atomic E-state index is 0.0579. The molecule has 4 bridgehead atoms. The van der Waals surface area contributed by atoms with E-state index >= 15 is 0 Å². The molecule has 0 amide bonds. The van der Waals surface area contributed by atoms with E-state index in [0.29, 0.717) is 37.0 Å². The van der Waals surface area contributed by atoms with Crippen LogP contribution in [0, 0.1) is 23.2 Å². The number of ether oxygens (including phenoxy) is 1. The van der Waals surface area contributed by atoms with Crippen LogP contribution >= 0.6 is 0 Å². The number of hydrogen-bond acceptors (Lipinski definition) is 4. The monoisotopic (exact) mass is 386 g/mol. The lowest BCUT2D eigenvalue weighted by Crippen LogP contribution is -2.51. The van der Waals surface area contributed by atoms with Gasteiger partial charge in [-0.2, -0.15) is 17.6 Å². The second-order valence-corrected chi connectivity index (χ2v) is 10.1. The predicted octanol–water partition coefficient (Wildman–Crippen LogP) is 3.41. The summed E-state index contributed by atoms with van der Waals surface area (Å²) in [5.74, 6) is -4.02. The van der Waals surface area contributed by atoms with Crippen molar-refractivity contribution in [1.29, 1.82) is 0 Å². The summed E-state index contributed by atoms with van der Waals surface area (Å²) in [6.45, 7) is -0.918. The van der Waals surface area contributed by atoms with Crippen LogP contribution in [-0.2, 0) is 19.4 Å². The Morgan fingerprint density at radius 1 is 1.04 bits per heavy atom. The van der Waals surface area contributed by atoms with E-state index in [1.807, 2.05) is 0 Å². The number of alkyl halides is 4. The molecule has 4 fully saturated rings. The molecule has 0 saturated heterocycles. The van der Waals surface area contributed by atoms with Crippen LogP contribution in [0.2, 0.25) is 0 Å². The second kappa shape index (κ2) is 5.82. The van der Waals surface area contributed by atoms with Crippen molar-refractivity contribution < 1.29 is 35.5 Å². The van der Waals surface area contributed by atoms with Crippen LogP contribution in [0.4, 0.5) is 17.6 Å². The van der Waals surface area contributed by atoms with Gasteiger partial charge in [0.05, 0.1) is 18.4 Å². The van der Waals surface area contributed by atoms with Crippen molar-refractivity contribution in [2.24, 2.45) is 23.2 Å². The summed E-state index contributed by atoms with van der Waals surface area (Å²) in [4.78, 5) is 12.5. The summed E-state index contributed by atoms with van der Waals surface area (Å²) >= 11 is 0. The van der Waals surface area contributed by atoms with E-state index in [-0.39, 0.29) is 6.26 Å². The summed E-state index contributed by atoms with van der Waals surface area (Å²) in [5, 5.41) is -5.19. The molecule has 0 aliphatic heterocycles. The van der Waals surface area contributed by atoms with Gasteiger partial charge in [-0.05, 0) is 56.3 Å². The Morgan fingerprint density at radius 2 is 1.48 bits per heavy atom. The van der Waals surface area contributed by atoms with E-state index in [9.17, 15) is 30.8 Å². The molecule has 4 saturated carbocycles. The summed E-state index contributed by atoms with van der Waals surface area (Å²) in [6.07, 6.45) is 3.82. The van der Waals surface area contributed by atoms with Crippen LogP contribution in [0.15, 0.2) is 0 Å². The first-order valence-corrected chi connectivity index (χ1v) is 10.4. The Kier molecular flexibility index (Phi) is 4.41. The highest BCUT2D eigenvalue weighted by Crippen LogP contribution is 2.60. The maximum absolute atomic E-state index is 13.6. The van der Waals surface area contributed by atoms with Gasteiger partial charge in [-0.3, -0.25) is 4.79 Å². The van der Waals surface area contributed by atoms with Crippen molar-refractivity contribution in [3.8, 4) is 0 Å². The van der Waals surface area contributed by atoms with Gasteiger partial charge < -0.3 is 4.74 Å². The summed E-state index contributed by atoms with van der Waals surface area (Å²) in [7, 11) is -5.27. The summed E-state index contributed by atoms with van der Waals surface area (Å²) in [6, 6.07) is 0. The molecular weight excluding hydrogens is 364 g/mol. The molecule has 4 aliphatic rings. The van der Waals surface area contributed by atoms with Crippen LogP contribution in [0.25, 0.3) is 0 Å². The van der Waals surface area contributed by atoms with Gasteiger partial charge in [0.1, 0.15) is 0 Å². The van der Waals surface area contributed by atoms with Gasteiger partial charge in [-0.1, -0.05) is 0 Å². The number of esters is 1. The molecular formula is C16H22F4O4S. The van der Waals surface area contributed by atoms with Crippen molar-refractivity contribution >= 4 is 15.8 Å². The van der Waals surface area contributed by atoms with E-state index in [4.69, 9.17) is 4.74 Å². The lowest BCUT2D eigenvalue weighted by molar-refractivity contribution is -0.184. The third-order valence-electron chi connectivity index (χ3n) is 6.01. The fourth-order valence-corrected chi connectivity index (χ4v) is 5.85. The molecule has 4 rings (SSSR count). The Hall–Kier alpha value is -0.860. The van der Waals surface area contributed by atoms with Gasteiger partial charge >= 0.3 is 17.1 Å². The molecule has 25 heavy (non-hydrogen) atoms. The van der Waals surface area contributed by atoms with Crippen LogP contribution in [0.5, 0.6) is 0 Å². The zero-order valence-corrected chi connectivity index (χ0v) is 14.8. The van der Waals surface area contributed by atoms with Crippen LogP contribution in [0.3, 0.4) is 0 Å². The number of rotatable bonds is 6. The molecule has 0 N–H and O–H groups in total. The fraction of sp³-hybridized carbons (Fsp3) is 0.938. The van der Waals surface area contributed by atoms with Crippen LogP contribution < -0.4 is 0 Å². The maximum Gasteiger partial charge on any atom is 0.406 e. The highest BCUT2D eigenvalue weighted by molar-refractivity contribution is 7.91. The quantitative estimate of drug-likeness (QED) is 0.519. The van der Waals surface area contributed by atoms with Crippen molar-refractivity contribution in [1.82, 2.24) is 0 Å². The fourth-order valence-electron chi connectivity index (χ4n) is 5.20. The molecule has 0 spiro atoms. The van der Waals surface area contributed by atoms with Gasteiger partial charge in [-0.15, -0.1) is 0 Å². The zero-order valence-electron chi connectivity index (χ0n) is 13.9. The number of sulfone groups is 1. The lowest BCUT2D eigenvalue weighted by Gasteiger charge is -2.55. The predicted molar refractivity (Wildman–Crippen MR) is 80.9 cm³/mol. The lowest BCUT2D eigenvalue weighted by atomic mass is 9.49. The topological polar surface area (TPSA) is 60.4 Å². The largest absolute Gasteiger partial charge is 0.465 e. The van der Waals surface area contributed by atoms with Gasteiger partial charge in [0.25, 0.3) is 0 Å². The molecule has 4 nitrogen and oxygen atoms in total. The molecule has 4 aliphatic carbocycles. The highest BCUT2D eigenvalue weighted by Gasteiger charge is 2.63. The van der Waals surface area contributed by atoms with Gasteiger partial charge in [-0.25, -0.2) is 8.42 Å². The van der Waals surface area contributed by atoms with Gasteiger partial charge in [0.15, 0.2) is 0 Å². The minimum Gasteiger partial charge on any atom is -0.465 e. The zero-order chi connectivity index (χ0) is 18.7. The Bertz CT molecular complexity index is 624. The summed E-state index contributed by atoms with van der Waals surface area (Å²) < 4.78 is 80.6. The van der Waals surface area contributed by atoms with Crippen molar-refractivity contribution in [3.63, 3.8) is 0 Å². The molecule has 0 radical (unpaired) electrons. The van der Waals surface area contributed by atoms with E-state index in [1.165, 1.54) is 0 Å². The third-order valence-corrected chi connectivity index (χ3v) is 7.24. The molecule has 0 unspecified atom stereocenters. The first-order chi connectivity index (χ1) is 11.4.